The van der Waals surface area contributed by atoms with Gasteiger partial charge in [0.15, 0.2) is 34.5 Å². The molecule has 0 fully saturated rings. The van der Waals surface area contributed by atoms with Crippen LogP contribution < -0.4 is 7.59 Å². The first-order chi connectivity index (χ1) is 7.06. The van der Waals surface area contributed by atoms with E-state index in [0.717, 1.165) is 0 Å². The van der Waals surface area contributed by atoms with Gasteiger partial charge < -0.3 is 3.07 Å². The lowest BCUT2D eigenvalue weighted by Gasteiger charge is -2.04. The van der Waals surface area contributed by atoms with Crippen LogP contribution in [0.1, 0.15) is 17.3 Å². The Hall–Kier alpha value is -0.720. The number of carbonyl (C=O) groups excluding carboxylic acids is 1. The molecule has 1 aromatic carbocycles. The number of hydrogen-bond donors (Lipinski definition) is 1. The third kappa shape index (κ3) is 3.12. The number of rotatable bonds is 4. The summed E-state index contributed by atoms with van der Waals surface area (Å²) in [5.74, 6) is 0.0176. The first kappa shape index (κ1) is 12.4. The third-order valence-electron chi connectivity index (χ3n) is 1.61. The average molecular weight is 341 g/mol. The summed E-state index contributed by atoms with van der Waals surface area (Å²) < 4.78 is 20.0. The third-order valence-corrected chi connectivity index (χ3v) is 2.41. The van der Waals surface area contributed by atoms with Crippen molar-refractivity contribution in [2.45, 2.75) is 6.92 Å². The van der Waals surface area contributed by atoms with E-state index in [1.807, 2.05) is 0 Å². The molecule has 0 saturated heterocycles. The summed E-state index contributed by atoms with van der Waals surface area (Å²) in [6, 6.07) is 4.54. The van der Waals surface area contributed by atoms with E-state index >= 15 is 0 Å². The number of benzene rings is 1. The Labute approximate surface area is 101 Å². The summed E-state index contributed by atoms with van der Waals surface area (Å²) in [7, 11) is -2.77. The summed E-state index contributed by atoms with van der Waals surface area (Å²) in [6.07, 6.45) is 0. The Balaban J connectivity index is 3.21. The van der Waals surface area contributed by atoms with Crippen molar-refractivity contribution in [3.8, 4) is 11.5 Å². The number of ketones is 1. The zero-order valence-electron chi connectivity index (χ0n) is 7.64. The number of hydrogen-bond acceptors (Lipinski definition) is 4. The van der Waals surface area contributed by atoms with E-state index in [4.69, 9.17) is 7.96 Å². The van der Waals surface area contributed by atoms with Crippen LogP contribution in [0.15, 0.2) is 18.2 Å². The van der Waals surface area contributed by atoms with Crippen LogP contribution in [0.4, 0.5) is 0 Å². The number of para-hydroxylation sites is 1. The largest absolute Gasteiger partial charge is 0.747 e. The lowest BCUT2D eigenvalue weighted by molar-refractivity contribution is 0.101. The summed E-state index contributed by atoms with van der Waals surface area (Å²) in [4.78, 5) is 19.8. The molecule has 1 rings (SSSR count). The molecule has 80 valence electrons. The normalized spacial score (nSPS) is 10.7. The molecule has 0 amide bonds. The van der Waals surface area contributed by atoms with Crippen LogP contribution in [0.3, 0.4) is 0 Å². The maximum absolute atomic E-state index is 11.2. The molecule has 1 aromatic rings. The van der Waals surface area contributed by atoms with Crippen molar-refractivity contribution < 1.29 is 21.8 Å². The van der Waals surface area contributed by atoms with Crippen LogP contribution >= 0.6 is 31.3 Å². The van der Waals surface area contributed by atoms with Crippen LogP contribution in [-0.4, -0.2) is 10.7 Å². The Morgan fingerprint density at radius 1 is 1.53 bits per heavy atom. The summed E-state index contributed by atoms with van der Waals surface area (Å²) in [6.45, 7) is 1.37. The van der Waals surface area contributed by atoms with Crippen molar-refractivity contribution in [1.29, 1.82) is 0 Å². The molecule has 0 radical (unpaired) electrons. The van der Waals surface area contributed by atoms with Crippen molar-refractivity contribution in [2.75, 3.05) is 0 Å². The summed E-state index contributed by atoms with van der Waals surface area (Å²) >= 11 is 1.58. The topological polar surface area (TPSA) is 72.8 Å². The summed E-state index contributed by atoms with van der Waals surface area (Å²) in [5.41, 5.74) is 0.304. The van der Waals surface area contributed by atoms with Gasteiger partial charge in [0, 0.05) is 4.57 Å². The quantitative estimate of drug-likeness (QED) is 0.518. The maximum atomic E-state index is 11.2. The van der Waals surface area contributed by atoms with E-state index in [-0.39, 0.29) is 17.3 Å². The van der Waals surface area contributed by atoms with Crippen molar-refractivity contribution in [1.82, 2.24) is 0 Å². The lowest BCUT2D eigenvalue weighted by Crippen LogP contribution is -1.96. The van der Waals surface area contributed by atoms with Gasteiger partial charge in [0.25, 0.3) is 0 Å². The van der Waals surface area contributed by atoms with Crippen molar-refractivity contribution in [3.05, 3.63) is 23.8 Å². The molecule has 0 bridgehead atoms. The van der Waals surface area contributed by atoms with Gasteiger partial charge in [0.05, 0.1) is 5.56 Å². The van der Waals surface area contributed by atoms with Gasteiger partial charge in [-0.15, -0.1) is 4.89 Å². The van der Waals surface area contributed by atoms with Gasteiger partial charge in [-0.1, -0.05) is 6.07 Å². The van der Waals surface area contributed by atoms with E-state index in [1.165, 1.54) is 13.0 Å². The molecule has 5 nitrogen and oxygen atoms in total. The minimum atomic E-state index is -2.77. The SMILES string of the molecule is CC(=O)c1cccc(O[P+](=O)O)c1OI. The zero-order chi connectivity index (χ0) is 11.4. The highest BCUT2D eigenvalue weighted by Crippen LogP contribution is 2.37. The fourth-order valence-corrected chi connectivity index (χ4v) is 1.79. The first-order valence-corrected chi connectivity index (χ1v) is 5.84. The molecule has 0 aliphatic rings. The number of halogens is 1. The van der Waals surface area contributed by atoms with Crippen LogP contribution in [0.5, 0.6) is 11.5 Å². The lowest BCUT2D eigenvalue weighted by atomic mass is 10.1. The second-order valence-corrected chi connectivity index (χ2v) is 3.69. The molecule has 0 aromatic heterocycles. The first-order valence-electron chi connectivity index (χ1n) is 3.83. The van der Waals surface area contributed by atoms with E-state index in [0.29, 0.717) is 5.56 Å². The highest BCUT2D eigenvalue weighted by molar-refractivity contribution is 14.1. The van der Waals surface area contributed by atoms with E-state index in [9.17, 15) is 9.36 Å². The van der Waals surface area contributed by atoms with Crippen LogP contribution in [0, 0.1) is 0 Å². The molecular weight excluding hydrogens is 334 g/mol. The van der Waals surface area contributed by atoms with Gasteiger partial charge in [0.2, 0.25) is 5.75 Å². The molecule has 0 aliphatic heterocycles. The molecule has 1 atom stereocenters. The van der Waals surface area contributed by atoms with Gasteiger partial charge in [-0.2, -0.15) is 0 Å². The second kappa shape index (κ2) is 5.39. The van der Waals surface area contributed by atoms with Crippen LogP contribution in [-0.2, 0) is 4.57 Å². The van der Waals surface area contributed by atoms with E-state index in [2.05, 4.69) is 4.52 Å². The minimum Gasteiger partial charge on any atom is -0.423 e. The predicted molar refractivity (Wildman–Crippen MR) is 61.5 cm³/mol. The Bertz CT molecular complexity index is 406. The smallest absolute Gasteiger partial charge is 0.423 e. The average Bonchev–Trinajstić information content (AvgIpc) is 2.16. The van der Waals surface area contributed by atoms with E-state index < -0.39 is 8.25 Å². The van der Waals surface area contributed by atoms with Crippen LogP contribution in [0.2, 0.25) is 0 Å². The molecule has 0 spiro atoms. The monoisotopic (exact) mass is 341 g/mol. The van der Waals surface area contributed by atoms with Gasteiger partial charge in [0.1, 0.15) is 0 Å². The Morgan fingerprint density at radius 3 is 2.67 bits per heavy atom. The van der Waals surface area contributed by atoms with Gasteiger partial charge >= 0.3 is 8.25 Å². The summed E-state index contributed by atoms with van der Waals surface area (Å²) in [5, 5.41) is 0. The molecule has 7 heteroatoms. The minimum absolute atomic E-state index is 0.0701. The standard InChI is InChI=1S/C8H6IO5P/c1-5(10)6-3-2-4-7(8(6)13-9)14-15(11)12/h2-4H,1H3/p+1. The zero-order valence-corrected chi connectivity index (χ0v) is 10.7. The fourth-order valence-electron chi connectivity index (χ4n) is 1.03. The molecule has 0 heterocycles. The molecule has 1 N–H and O–H groups in total. The molecular formula is C8H7IO5P+. The second-order valence-electron chi connectivity index (χ2n) is 2.60. The predicted octanol–water partition coefficient (Wildman–Crippen LogP) is 2.65. The molecule has 0 saturated carbocycles. The Kier molecular flexibility index (Phi) is 4.44. The van der Waals surface area contributed by atoms with Crippen molar-refractivity contribution in [3.63, 3.8) is 0 Å². The molecule has 0 aliphatic carbocycles. The number of carbonyl (C=O) groups is 1. The Morgan fingerprint density at radius 2 is 2.20 bits per heavy atom. The van der Waals surface area contributed by atoms with Gasteiger partial charge in [-0.25, -0.2) is 4.52 Å². The van der Waals surface area contributed by atoms with Gasteiger partial charge in [-0.3, -0.25) is 4.79 Å². The highest BCUT2D eigenvalue weighted by Gasteiger charge is 2.22. The fraction of sp³-hybridized carbons (Fsp3) is 0.125. The molecule has 15 heavy (non-hydrogen) atoms. The van der Waals surface area contributed by atoms with Crippen LogP contribution in [0.25, 0.3) is 0 Å². The molecule has 1 unspecified atom stereocenters. The van der Waals surface area contributed by atoms with Gasteiger partial charge in [-0.05, 0) is 19.1 Å². The van der Waals surface area contributed by atoms with Crippen molar-refractivity contribution in [2.24, 2.45) is 0 Å². The maximum Gasteiger partial charge on any atom is 0.747 e. The highest BCUT2D eigenvalue weighted by atomic mass is 127. The van der Waals surface area contributed by atoms with E-state index in [1.54, 1.807) is 35.1 Å². The number of Topliss-reactive ketones (excluding diaryl/α,β-unsaturated/α-hetero) is 1. The van der Waals surface area contributed by atoms with Crippen molar-refractivity contribution >= 4 is 37.0 Å².